The summed E-state index contributed by atoms with van der Waals surface area (Å²) in [6, 6.07) is 11.8. The SMILES string of the molecule is CC(C)(C)c1ccc2c(c1)[C@H]1OCCC[C@H]1[C@H](c1ccc(O)c(O)c1)N2. The molecule has 138 valence electrons. The van der Waals surface area contributed by atoms with E-state index in [0.717, 1.165) is 30.7 Å². The van der Waals surface area contributed by atoms with E-state index in [1.165, 1.54) is 11.1 Å². The summed E-state index contributed by atoms with van der Waals surface area (Å²) in [6.45, 7) is 7.47. The first-order valence-corrected chi connectivity index (χ1v) is 9.39. The van der Waals surface area contributed by atoms with Crippen LogP contribution in [-0.4, -0.2) is 16.8 Å². The van der Waals surface area contributed by atoms with E-state index in [0.29, 0.717) is 5.92 Å². The lowest BCUT2D eigenvalue weighted by molar-refractivity contribution is -0.0382. The van der Waals surface area contributed by atoms with Gasteiger partial charge in [0.25, 0.3) is 0 Å². The predicted molar refractivity (Wildman–Crippen MR) is 103 cm³/mol. The van der Waals surface area contributed by atoms with Crippen LogP contribution in [0.25, 0.3) is 0 Å². The minimum Gasteiger partial charge on any atom is -0.504 e. The van der Waals surface area contributed by atoms with Crippen LogP contribution in [0.3, 0.4) is 0 Å². The molecule has 4 heteroatoms. The fourth-order valence-electron chi connectivity index (χ4n) is 4.20. The van der Waals surface area contributed by atoms with Crippen LogP contribution in [0, 0.1) is 5.92 Å². The maximum atomic E-state index is 9.94. The number of phenols is 2. The van der Waals surface area contributed by atoms with Crippen molar-refractivity contribution >= 4 is 5.69 Å². The number of ether oxygens (including phenoxy) is 1. The Bertz CT molecular complexity index is 825. The number of hydrogen-bond acceptors (Lipinski definition) is 4. The molecule has 1 fully saturated rings. The van der Waals surface area contributed by atoms with E-state index < -0.39 is 0 Å². The smallest absolute Gasteiger partial charge is 0.157 e. The Morgan fingerprint density at radius 1 is 1.04 bits per heavy atom. The van der Waals surface area contributed by atoms with E-state index in [-0.39, 0.29) is 29.1 Å². The quantitative estimate of drug-likeness (QED) is 0.629. The molecule has 1 saturated heterocycles. The molecule has 26 heavy (non-hydrogen) atoms. The van der Waals surface area contributed by atoms with Gasteiger partial charge in [-0.1, -0.05) is 39.0 Å². The third kappa shape index (κ3) is 2.92. The van der Waals surface area contributed by atoms with E-state index in [1.54, 1.807) is 12.1 Å². The molecule has 4 nitrogen and oxygen atoms in total. The molecule has 3 N–H and O–H groups in total. The Hall–Kier alpha value is -2.20. The van der Waals surface area contributed by atoms with Crippen molar-refractivity contribution in [1.29, 1.82) is 0 Å². The molecule has 3 atom stereocenters. The summed E-state index contributed by atoms with van der Waals surface area (Å²) >= 11 is 0. The van der Waals surface area contributed by atoms with E-state index in [2.05, 4.69) is 44.3 Å². The van der Waals surface area contributed by atoms with Gasteiger partial charge in [-0.15, -0.1) is 0 Å². The average molecular weight is 353 g/mol. The zero-order valence-electron chi connectivity index (χ0n) is 15.6. The van der Waals surface area contributed by atoms with Crippen molar-refractivity contribution in [2.75, 3.05) is 11.9 Å². The summed E-state index contributed by atoms with van der Waals surface area (Å²) in [5.41, 5.74) is 4.72. The molecule has 2 aliphatic rings. The van der Waals surface area contributed by atoms with Gasteiger partial charge in [0.15, 0.2) is 11.5 Å². The van der Waals surface area contributed by atoms with Gasteiger partial charge in [-0.2, -0.15) is 0 Å². The van der Waals surface area contributed by atoms with Crippen molar-refractivity contribution < 1.29 is 14.9 Å². The lowest BCUT2D eigenvalue weighted by atomic mass is 9.76. The van der Waals surface area contributed by atoms with Gasteiger partial charge in [-0.25, -0.2) is 0 Å². The monoisotopic (exact) mass is 353 g/mol. The third-order valence-electron chi connectivity index (χ3n) is 5.69. The van der Waals surface area contributed by atoms with Crippen molar-refractivity contribution in [1.82, 2.24) is 0 Å². The molecule has 2 aromatic rings. The summed E-state index contributed by atoms with van der Waals surface area (Å²) in [7, 11) is 0. The van der Waals surface area contributed by atoms with Gasteiger partial charge >= 0.3 is 0 Å². The number of fused-ring (bicyclic) bond motifs is 3. The highest BCUT2D eigenvalue weighted by atomic mass is 16.5. The number of aromatic hydroxyl groups is 2. The molecule has 0 bridgehead atoms. The minimum absolute atomic E-state index is 0.0554. The van der Waals surface area contributed by atoms with Crippen LogP contribution in [0.5, 0.6) is 11.5 Å². The van der Waals surface area contributed by atoms with Crippen molar-refractivity contribution in [2.45, 2.75) is 51.2 Å². The van der Waals surface area contributed by atoms with Gasteiger partial charge < -0.3 is 20.3 Å². The largest absolute Gasteiger partial charge is 0.504 e. The highest BCUT2D eigenvalue weighted by Gasteiger charge is 2.40. The van der Waals surface area contributed by atoms with Crippen LogP contribution in [0.4, 0.5) is 5.69 Å². The van der Waals surface area contributed by atoms with Gasteiger partial charge in [-0.05, 0) is 47.6 Å². The molecule has 0 aliphatic carbocycles. The first-order chi connectivity index (χ1) is 12.3. The van der Waals surface area contributed by atoms with E-state index in [4.69, 9.17) is 4.74 Å². The van der Waals surface area contributed by atoms with Crippen LogP contribution in [0.2, 0.25) is 0 Å². The molecular formula is C22H27NO3. The molecule has 0 aromatic heterocycles. The third-order valence-corrected chi connectivity index (χ3v) is 5.69. The Morgan fingerprint density at radius 3 is 2.58 bits per heavy atom. The summed E-state index contributed by atoms with van der Waals surface area (Å²) in [5, 5.41) is 23.2. The summed E-state index contributed by atoms with van der Waals surface area (Å²) < 4.78 is 6.23. The second-order valence-corrected chi connectivity index (χ2v) is 8.52. The first-order valence-electron chi connectivity index (χ1n) is 9.39. The van der Waals surface area contributed by atoms with Crippen LogP contribution in [0.1, 0.15) is 62.4 Å². The van der Waals surface area contributed by atoms with Gasteiger partial charge in [-0.3, -0.25) is 0 Å². The predicted octanol–water partition coefficient (Wildman–Crippen LogP) is 5.03. The van der Waals surface area contributed by atoms with Gasteiger partial charge in [0.2, 0.25) is 0 Å². The first kappa shape index (κ1) is 17.2. The lowest BCUT2D eigenvalue weighted by Gasteiger charge is -2.44. The molecule has 2 aromatic carbocycles. The van der Waals surface area contributed by atoms with Crippen molar-refractivity contribution in [3.63, 3.8) is 0 Å². The average Bonchev–Trinajstić information content (AvgIpc) is 2.62. The standard InChI is InChI=1S/C22H27NO3/c1-22(2,3)14-7-8-17-16(12-14)21-15(5-4-10-26-21)20(23-17)13-6-9-18(24)19(25)11-13/h6-9,11-12,15,20-21,23-25H,4-5,10H2,1-3H3/t15-,20-,21-/m0/s1. The zero-order chi connectivity index (χ0) is 18.5. The highest BCUT2D eigenvalue weighted by Crippen LogP contribution is 2.50. The van der Waals surface area contributed by atoms with Crippen LogP contribution >= 0.6 is 0 Å². The van der Waals surface area contributed by atoms with Crippen LogP contribution < -0.4 is 5.32 Å². The molecule has 2 heterocycles. The second-order valence-electron chi connectivity index (χ2n) is 8.52. The van der Waals surface area contributed by atoms with Gasteiger partial charge in [0.1, 0.15) is 0 Å². The zero-order valence-corrected chi connectivity index (χ0v) is 15.6. The molecule has 0 saturated carbocycles. The van der Waals surface area contributed by atoms with Gasteiger partial charge in [0, 0.05) is 23.8 Å². The summed E-state index contributed by atoms with van der Waals surface area (Å²) in [4.78, 5) is 0. The Kier molecular flexibility index (Phi) is 4.11. The highest BCUT2D eigenvalue weighted by molar-refractivity contribution is 5.59. The molecule has 4 rings (SSSR count). The van der Waals surface area contributed by atoms with Crippen molar-refractivity contribution in [3.8, 4) is 11.5 Å². The molecule has 2 aliphatic heterocycles. The Labute approximate surface area is 154 Å². The minimum atomic E-state index is -0.0868. The maximum Gasteiger partial charge on any atom is 0.157 e. The second kappa shape index (κ2) is 6.20. The van der Waals surface area contributed by atoms with Crippen LogP contribution in [-0.2, 0) is 10.2 Å². The van der Waals surface area contributed by atoms with E-state index in [1.807, 2.05) is 6.07 Å². The molecule has 0 spiro atoms. The van der Waals surface area contributed by atoms with E-state index in [9.17, 15) is 10.2 Å². The van der Waals surface area contributed by atoms with Crippen molar-refractivity contribution in [3.05, 3.63) is 53.1 Å². The number of rotatable bonds is 1. The molecular weight excluding hydrogens is 326 g/mol. The van der Waals surface area contributed by atoms with Crippen LogP contribution in [0.15, 0.2) is 36.4 Å². The van der Waals surface area contributed by atoms with Gasteiger partial charge in [0.05, 0.1) is 12.1 Å². The summed E-state index contributed by atoms with van der Waals surface area (Å²) in [5.74, 6) is 0.137. The number of benzene rings is 2. The molecule has 0 amide bonds. The normalized spacial score (nSPS) is 25.1. The molecule has 0 unspecified atom stereocenters. The fourth-order valence-corrected chi connectivity index (χ4v) is 4.20. The number of hydrogen-bond donors (Lipinski definition) is 3. The fraction of sp³-hybridized carbons (Fsp3) is 0.455. The van der Waals surface area contributed by atoms with E-state index >= 15 is 0 Å². The Morgan fingerprint density at radius 2 is 1.85 bits per heavy atom. The summed E-state index contributed by atoms with van der Waals surface area (Å²) in [6.07, 6.45) is 2.17. The number of nitrogens with one attached hydrogen (secondary N) is 1. The maximum absolute atomic E-state index is 9.94. The Balaban J connectivity index is 1.77. The number of phenolic OH excluding ortho intramolecular Hbond substituents is 2. The lowest BCUT2D eigenvalue weighted by Crippen LogP contribution is -2.36. The molecule has 0 radical (unpaired) electrons. The topological polar surface area (TPSA) is 61.7 Å². The van der Waals surface area contributed by atoms with Crippen molar-refractivity contribution in [2.24, 2.45) is 5.92 Å². The number of anilines is 1.